The predicted molar refractivity (Wildman–Crippen MR) is 118 cm³/mol. The molecule has 3 atom stereocenters. The first-order valence-electron chi connectivity index (χ1n) is 11.3. The maximum atomic E-state index is 13.0. The molecule has 7 nitrogen and oxygen atoms in total. The van der Waals surface area contributed by atoms with E-state index in [2.05, 4.69) is 40.9 Å². The van der Waals surface area contributed by atoms with Crippen molar-refractivity contribution in [2.75, 3.05) is 18.4 Å². The Morgan fingerprint density at radius 3 is 2.52 bits per heavy atom. The first kappa shape index (κ1) is 20.2. The molecule has 7 heteroatoms. The lowest BCUT2D eigenvalue weighted by molar-refractivity contribution is -0.128. The fourth-order valence-corrected chi connectivity index (χ4v) is 5.75. The zero-order chi connectivity index (χ0) is 21.9. The van der Waals surface area contributed by atoms with Crippen LogP contribution in [0.1, 0.15) is 44.9 Å². The van der Waals surface area contributed by atoms with E-state index in [1.807, 2.05) is 23.4 Å². The molecule has 0 bridgehead atoms. The van der Waals surface area contributed by atoms with E-state index >= 15 is 0 Å². The van der Waals surface area contributed by atoms with Crippen LogP contribution in [0, 0.1) is 30.1 Å². The van der Waals surface area contributed by atoms with Gasteiger partial charge in [-0.05, 0) is 60.6 Å². The van der Waals surface area contributed by atoms with Crippen molar-refractivity contribution in [3.05, 3.63) is 29.7 Å². The molecular weight excluding hydrogens is 390 g/mol. The smallest absolute Gasteiger partial charge is 0.228 e. The molecule has 2 aromatic heterocycles. The molecule has 2 aliphatic heterocycles. The number of amides is 2. The highest BCUT2D eigenvalue weighted by Gasteiger charge is 2.44. The largest absolute Gasteiger partial charge is 0.342 e. The molecule has 31 heavy (non-hydrogen) atoms. The molecule has 2 amide bonds. The van der Waals surface area contributed by atoms with E-state index in [0.717, 1.165) is 55.6 Å². The number of likely N-dealkylation sites (tertiary alicyclic amines) is 1. The summed E-state index contributed by atoms with van der Waals surface area (Å²) in [4.78, 5) is 31.0. The van der Waals surface area contributed by atoms with Crippen molar-refractivity contribution in [2.45, 2.75) is 53.5 Å². The van der Waals surface area contributed by atoms with E-state index in [0.29, 0.717) is 17.7 Å². The van der Waals surface area contributed by atoms with Gasteiger partial charge in [-0.3, -0.25) is 14.3 Å². The van der Waals surface area contributed by atoms with Crippen molar-refractivity contribution in [3.63, 3.8) is 0 Å². The first-order chi connectivity index (χ1) is 14.7. The normalized spacial score (nSPS) is 26.1. The Balaban J connectivity index is 1.30. The molecule has 0 unspecified atom stereocenters. The summed E-state index contributed by atoms with van der Waals surface area (Å²) in [7, 11) is 0. The van der Waals surface area contributed by atoms with Crippen molar-refractivity contribution in [1.29, 1.82) is 0 Å². The number of rotatable bonds is 3. The minimum Gasteiger partial charge on any atom is -0.342 e. The highest BCUT2D eigenvalue weighted by Crippen LogP contribution is 2.42. The van der Waals surface area contributed by atoms with Gasteiger partial charge in [-0.15, -0.1) is 0 Å². The molecule has 2 aromatic rings. The van der Waals surface area contributed by atoms with Gasteiger partial charge in [-0.25, -0.2) is 4.98 Å². The lowest BCUT2D eigenvalue weighted by Gasteiger charge is -2.17. The zero-order valence-corrected chi connectivity index (χ0v) is 18.8. The summed E-state index contributed by atoms with van der Waals surface area (Å²) in [6.45, 7) is 10.7. The fraction of sp³-hybridized carbons (Fsp3) is 0.583. The van der Waals surface area contributed by atoms with Crippen LogP contribution in [0.15, 0.2) is 18.5 Å². The number of nitrogens with one attached hydrogen (secondary N) is 1. The Kier molecular flexibility index (Phi) is 4.68. The van der Waals surface area contributed by atoms with Crippen molar-refractivity contribution < 1.29 is 9.59 Å². The van der Waals surface area contributed by atoms with Crippen LogP contribution in [0.5, 0.6) is 0 Å². The van der Waals surface area contributed by atoms with Crippen LogP contribution < -0.4 is 5.32 Å². The van der Waals surface area contributed by atoms with E-state index in [1.54, 1.807) is 6.92 Å². The summed E-state index contributed by atoms with van der Waals surface area (Å²) in [6, 6.07) is 1.99. The van der Waals surface area contributed by atoms with E-state index in [1.165, 1.54) is 5.69 Å². The van der Waals surface area contributed by atoms with Crippen LogP contribution in [0.2, 0.25) is 0 Å². The third-order valence-corrected chi connectivity index (χ3v) is 7.38. The highest BCUT2D eigenvalue weighted by atomic mass is 16.2. The van der Waals surface area contributed by atoms with Gasteiger partial charge in [-0.2, -0.15) is 5.10 Å². The van der Waals surface area contributed by atoms with Crippen molar-refractivity contribution in [2.24, 2.45) is 23.2 Å². The maximum absolute atomic E-state index is 13.0. The molecule has 4 heterocycles. The fourth-order valence-electron chi connectivity index (χ4n) is 5.75. The second-order valence-electron chi connectivity index (χ2n) is 10.5. The van der Waals surface area contributed by atoms with E-state index in [4.69, 9.17) is 0 Å². The zero-order valence-electron chi connectivity index (χ0n) is 18.8. The third-order valence-electron chi connectivity index (χ3n) is 7.38. The van der Waals surface area contributed by atoms with Gasteiger partial charge in [0.05, 0.1) is 6.20 Å². The van der Waals surface area contributed by atoms with E-state index in [9.17, 15) is 9.59 Å². The summed E-state index contributed by atoms with van der Waals surface area (Å²) in [5.41, 5.74) is 4.79. The van der Waals surface area contributed by atoms with Crippen LogP contribution in [-0.4, -0.2) is 44.6 Å². The quantitative estimate of drug-likeness (QED) is 0.825. The van der Waals surface area contributed by atoms with Gasteiger partial charge >= 0.3 is 0 Å². The topological polar surface area (TPSA) is 80.1 Å². The van der Waals surface area contributed by atoms with Gasteiger partial charge in [0.25, 0.3) is 0 Å². The summed E-state index contributed by atoms with van der Waals surface area (Å²) >= 11 is 0. The van der Waals surface area contributed by atoms with Crippen LogP contribution in [-0.2, 0) is 22.6 Å². The van der Waals surface area contributed by atoms with E-state index < -0.39 is 0 Å². The van der Waals surface area contributed by atoms with Gasteiger partial charge in [-0.1, -0.05) is 13.8 Å². The Bertz CT molecular complexity index is 1040. The number of nitrogens with zero attached hydrogens (tertiary/aromatic N) is 4. The number of carbonyl (C=O) groups excluding carboxylic acids is 2. The molecule has 1 saturated carbocycles. The molecule has 0 spiro atoms. The van der Waals surface area contributed by atoms with Crippen molar-refractivity contribution in [3.8, 4) is 11.1 Å². The lowest BCUT2D eigenvalue weighted by Crippen LogP contribution is -2.29. The molecule has 2 fully saturated rings. The average molecular weight is 422 g/mol. The Hall–Kier alpha value is -2.70. The van der Waals surface area contributed by atoms with Crippen LogP contribution in [0.25, 0.3) is 11.1 Å². The molecule has 0 radical (unpaired) electrons. The summed E-state index contributed by atoms with van der Waals surface area (Å²) in [6.07, 6.45) is 6.48. The third kappa shape index (κ3) is 3.64. The molecule has 1 saturated heterocycles. The van der Waals surface area contributed by atoms with Crippen LogP contribution >= 0.6 is 0 Å². The monoisotopic (exact) mass is 421 g/mol. The number of pyridine rings is 1. The van der Waals surface area contributed by atoms with Crippen LogP contribution in [0.3, 0.4) is 0 Å². The number of fused-ring (bicyclic) bond motifs is 2. The van der Waals surface area contributed by atoms with Crippen molar-refractivity contribution in [1.82, 2.24) is 19.7 Å². The standard InChI is InChI=1S/C24H31N5O2/c1-14-9-25-22(7-19(14)20-10-26-29-13-24(3,4)8-21(20)29)27-23(31)16-5-17-11-28(15(2)30)12-18(17)6-16/h7,9-10,16-18H,5-6,8,11-13H2,1-4H3,(H,25,27,31)/t16-,17-,18+. The van der Waals surface area contributed by atoms with Crippen molar-refractivity contribution >= 4 is 17.6 Å². The molecule has 3 aliphatic rings. The second-order valence-corrected chi connectivity index (χ2v) is 10.5. The van der Waals surface area contributed by atoms with Gasteiger partial charge in [0, 0.05) is 49.9 Å². The minimum atomic E-state index is -0.00291. The summed E-state index contributed by atoms with van der Waals surface area (Å²) in [5, 5.41) is 7.66. The molecular formula is C24H31N5O2. The van der Waals surface area contributed by atoms with Gasteiger partial charge < -0.3 is 10.2 Å². The molecule has 164 valence electrons. The number of carbonyl (C=O) groups is 2. The molecule has 1 N–H and O–H groups in total. The number of aromatic nitrogens is 3. The SMILES string of the molecule is CC(=O)N1C[C@H]2C[C@@H](C(=O)Nc3cc(-c4cnn5c4CC(C)(C)C5)c(C)cn3)C[C@H]2C1. The number of anilines is 1. The molecule has 5 rings (SSSR count). The maximum Gasteiger partial charge on any atom is 0.228 e. The van der Waals surface area contributed by atoms with Gasteiger partial charge in [0.2, 0.25) is 11.8 Å². The second kappa shape index (κ2) is 7.18. The van der Waals surface area contributed by atoms with Gasteiger partial charge in [0.15, 0.2) is 0 Å². The Morgan fingerprint density at radius 1 is 1.13 bits per heavy atom. The summed E-state index contributed by atoms with van der Waals surface area (Å²) < 4.78 is 2.11. The number of hydrogen-bond donors (Lipinski definition) is 1. The lowest BCUT2D eigenvalue weighted by atomic mass is 9.89. The minimum absolute atomic E-state index is 0.00291. The Labute approximate surface area is 183 Å². The number of hydrogen-bond acceptors (Lipinski definition) is 4. The van der Waals surface area contributed by atoms with Gasteiger partial charge in [0.1, 0.15) is 5.82 Å². The molecule has 0 aromatic carbocycles. The highest BCUT2D eigenvalue weighted by molar-refractivity contribution is 5.92. The Morgan fingerprint density at radius 2 is 1.84 bits per heavy atom. The summed E-state index contributed by atoms with van der Waals surface area (Å²) in [5.74, 6) is 1.68. The first-order valence-corrected chi connectivity index (χ1v) is 11.3. The van der Waals surface area contributed by atoms with E-state index in [-0.39, 0.29) is 23.1 Å². The number of aryl methyl sites for hydroxylation is 1. The average Bonchev–Trinajstić information content (AvgIpc) is 3.41. The predicted octanol–water partition coefficient (Wildman–Crippen LogP) is 3.28. The van der Waals surface area contributed by atoms with Crippen LogP contribution in [0.4, 0.5) is 5.82 Å². The molecule has 1 aliphatic carbocycles.